The topological polar surface area (TPSA) is 86.8 Å². The highest BCUT2D eigenvalue weighted by Gasteiger charge is 2.32. The van der Waals surface area contributed by atoms with Crippen molar-refractivity contribution in [2.75, 3.05) is 17.4 Å². The van der Waals surface area contributed by atoms with E-state index in [-0.39, 0.29) is 23.3 Å². The van der Waals surface area contributed by atoms with E-state index in [1.807, 2.05) is 32.9 Å². The van der Waals surface area contributed by atoms with Gasteiger partial charge < -0.3 is 10.2 Å². The molecule has 2 amide bonds. The van der Waals surface area contributed by atoms with Crippen molar-refractivity contribution >= 4 is 50.7 Å². The van der Waals surface area contributed by atoms with Gasteiger partial charge in [0.25, 0.3) is 10.0 Å². The maximum absolute atomic E-state index is 14.0. The van der Waals surface area contributed by atoms with Crippen LogP contribution in [0.1, 0.15) is 38.8 Å². The quantitative estimate of drug-likeness (QED) is 0.277. The average molecular weight is 605 g/mol. The molecule has 3 rings (SSSR count). The van der Waals surface area contributed by atoms with Crippen LogP contribution in [0.5, 0.6) is 0 Å². The Bertz CT molecular complexity index is 1410. The van der Waals surface area contributed by atoms with Crippen molar-refractivity contribution in [3.8, 4) is 0 Å². The second-order valence-electron chi connectivity index (χ2n) is 9.92. The van der Waals surface area contributed by atoms with Crippen LogP contribution in [0.3, 0.4) is 0 Å². The molecule has 1 unspecified atom stereocenters. The Morgan fingerprint density at radius 1 is 0.925 bits per heavy atom. The minimum Gasteiger partial charge on any atom is -0.354 e. The number of halogens is 2. The van der Waals surface area contributed by atoms with Crippen LogP contribution in [-0.2, 0) is 32.6 Å². The van der Waals surface area contributed by atoms with E-state index in [9.17, 15) is 18.0 Å². The molecular formula is C30H35Cl2N3O4S. The van der Waals surface area contributed by atoms with Crippen LogP contribution in [0.2, 0.25) is 10.0 Å². The number of benzene rings is 3. The summed E-state index contributed by atoms with van der Waals surface area (Å²) in [5.74, 6) is -0.696. The van der Waals surface area contributed by atoms with Crippen LogP contribution in [0.25, 0.3) is 0 Å². The summed E-state index contributed by atoms with van der Waals surface area (Å²) in [5.41, 5.74) is 1.95. The molecular weight excluding hydrogens is 569 g/mol. The average Bonchev–Trinajstić information content (AvgIpc) is 2.94. The van der Waals surface area contributed by atoms with Gasteiger partial charge in [0.15, 0.2) is 0 Å². The van der Waals surface area contributed by atoms with Gasteiger partial charge >= 0.3 is 0 Å². The molecule has 3 aromatic rings. The molecule has 7 nitrogen and oxygen atoms in total. The number of aryl methyl sites for hydroxylation is 1. The Kier molecular flexibility index (Phi) is 11.0. The van der Waals surface area contributed by atoms with Gasteiger partial charge in [-0.05, 0) is 66.8 Å². The van der Waals surface area contributed by atoms with Gasteiger partial charge in [0.05, 0.1) is 10.6 Å². The van der Waals surface area contributed by atoms with Crippen molar-refractivity contribution in [2.24, 2.45) is 5.92 Å². The van der Waals surface area contributed by atoms with E-state index in [0.29, 0.717) is 27.8 Å². The number of sulfonamides is 1. The zero-order valence-corrected chi connectivity index (χ0v) is 25.4. The second-order valence-corrected chi connectivity index (χ2v) is 12.6. The molecule has 3 aromatic carbocycles. The number of rotatable bonds is 12. The third kappa shape index (κ3) is 7.99. The number of amides is 2. The van der Waals surface area contributed by atoms with Crippen molar-refractivity contribution in [1.29, 1.82) is 0 Å². The van der Waals surface area contributed by atoms with E-state index in [2.05, 4.69) is 5.32 Å². The van der Waals surface area contributed by atoms with Gasteiger partial charge in [-0.3, -0.25) is 13.9 Å². The Balaban J connectivity index is 2.02. The van der Waals surface area contributed by atoms with Gasteiger partial charge in [-0.2, -0.15) is 0 Å². The zero-order valence-electron chi connectivity index (χ0n) is 23.1. The Hall–Kier alpha value is -3.07. The van der Waals surface area contributed by atoms with Crippen LogP contribution in [0.4, 0.5) is 5.69 Å². The van der Waals surface area contributed by atoms with E-state index < -0.39 is 28.5 Å². The molecule has 40 heavy (non-hydrogen) atoms. The standard InChI is InChI=1S/C30H35Cl2N3O4S/c1-5-23-11-15-26(16-12-23)35(40(38,39)27-9-7-6-8-10-27)20-29(36)34(22(4)30(37)33-18-21(2)3)19-24-13-14-25(31)17-28(24)32/h6-17,21-22H,5,18-20H2,1-4H3,(H,33,37). The first kappa shape index (κ1) is 31.5. The highest BCUT2D eigenvalue weighted by atomic mass is 35.5. The van der Waals surface area contributed by atoms with Crippen molar-refractivity contribution < 1.29 is 18.0 Å². The minimum atomic E-state index is -4.11. The molecule has 10 heteroatoms. The van der Waals surface area contributed by atoms with Gasteiger partial charge in [0.2, 0.25) is 11.8 Å². The summed E-state index contributed by atoms with van der Waals surface area (Å²) >= 11 is 12.5. The summed E-state index contributed by atoms with van der Waals surface area (Å²) in [5, 5.41) is 3.63. The van der Waals surface area contributed by atoms with Gasteiger partial charge in [-0.25, -0.2) is 8.42 Å². The number of nitrogens with zero attached hydrogens (tertiary/aromatic N) is 2. The summed E-state index contributed by atoms with van der Waals surface area (Å²) in [6.07, 6.45) is 0.781. The lowest BCUT2D eigenvalue weighted by Gasteiger charge is -2.32. The van der Waals surface area contributed by atoms with Gasteiger partial charge in [0.1, 0.15) is 12.6 Å². The van der Waals surface area contributed by atoms with E-state index in [1.165, 1.54) is 17.0 Å². The van der Waals surface area contributed by atoms with Gasteiger partial charge in [-0.1, -0.05) is 80.4 Å². The molecule has 0 heterocycles. The van der Waals surface area contributed by atoms with Crippen LogP contribution >= 0.6 is 23.2 Å². The molecule has 0 aliphatic rings. The van der Waals surface area contributed by atoms with Crippen LogP contribution in [0.15, 0.2) is 77.7 Å². The van der Waals surface area contributed by atoms with Gasteiger partial charge in [-0.15, -0.1) is 0 Å². The SMILES string of the molecule is CCc1ccc(N(CC(=O)N(Cc2ccc(Cl)cc2Cl)C(C)C(=O)NCC(C)C)S(=O)(=O)c2ccccc2)cc1. The van der Waals surface area contributed by atoms with E-state index in [0.717, 1.165) is 16.3 Å². The molecule has 0 aromatic heterocycles. The van der Waals surface area contributed by atoms with Gasteiger partial charge in [0, 0.05) is 23.1 Å². The Morgan fingerprint density at radius 3 is 2.15 bits per heavy atom. The Morgan fingerprint density at radius 2 is 1.57 bits per heavy atom. The lowest BCUT2D eigenvalue weighted by atomic mass is 10.1. The smallest absolute Gasteiger partial charge is 0.264 e. The lowest BCUT2D eigenvalue weighted by Crippen LogP contribution is -2.51. The van der Waals surface area contributed by atoms with Crippen molar-refractivity contribution in [3.63, 3.8) is 0 Å². The number of carbonyl (C=O) groups excluding carboxylic acids is 2. The highest BCUT2D eigenvalue weighted by Crippen LogP contribution is 2.27. The molecule has 0 radical (unpaired) electrons. The fourth-order valence-electron chi connectivity index (χ4n) is 4.01. The van der Waals surface area contributed by atoms with Crippen molar-refractivity contribution in [3.05, 3.63) is 94.0 Å². The molecule has 0 spiro atoms. The van der Waals surface area contributed by atoms with Crippen LogP contribution in [-0.4, -0.2) is 44.3 Å². The molecule has 0 aliphatic heterocycles. The molecule has 0 bridgehead atoms. The number of hydrogen-bond acceptors (Lipinski definition) is 4. The Labute approximate surface area is 247 Å². The molecule has 0 saturated heterocycles. The number of hydrogen-bond donors (Lipinski definition) is 1. The molecule has 0 aliphatic carbocycles. The first-order valence-electron chi connectivity index (χ1n) is 13.1. The molecule has 0 fully saturated rings. The summed E-state index contributed by atoms with van der Waals surface area (Å²) in [7, 11) is -4.11. The number of carbonyl (C=O) groups is 2. The third-order valence-electron chi connectivity index (χ3n) is 6.45. The zero-order chi connectivity index (χ0) is 29.4. The second kappa shape index (κ2) is 14.0. The maximum atomic E-state index is 14.0. The molecule has 1 N–H and O–H groups in total. The predicted molar refractivity (Wildman–Crippen MR) is 161 cm³/mol. The molecule has 214 valence electrons. The first-order valence-corrected chi connectivity index (χ1v) is 15.3. The van der Waals surface area contributed by atoms with Crippen LogP contribution < -0.4 is 9.62 Å². The highest BCUT2D eigenvalue weighted by molar-refractivity contribution is 7.92. The molecule has 1 atom stereocenters. The predicted octanol–water partition coefficient (Wildman–Crippen LogP) is 5.94. The summed E-state index contributed by atoms with van der Waals surface area (Å²) < 4.78 is 28.7. The van der Waals surface area contributed by atoms with E-state index in [1.54, 1.807) is 55.5 Å². The number of nitrogens with one attached hydrogen (secondary N) is 1. The molecule has 0 saturated carbocycles. The summed E-state index contributed by atoms with van der Waals surface area (Å²) in [4.78, 5) is 28.4. The summed E-state index contributed by atoms with van der Waals surface area (Å²) in [6.45, 7) is 7.46. The number of anilines is 1. The van der Waals surface area contributed by atoms with Crippen molar-refractivity contribution in [1.82, 2.24) is 10.2 Å². The fourth-order valence-corrected chi connectivity index (χ4v) is 5.92. The minimum absolute atomic E-state index is 0.0148. The fraction of sp³-hybridized carbons (Fsp3) is 0.333. The third-order valence-corrected chi connectivity index (χ3v) is 8.83. The lowest BCUT2D eigenvalue weighted by molar-refractivity contribution is -0.139. The van der Waals surface area contributed by atoms with Crippen molar-refractivity contribution in [2.45, 2.75) is 51.6 Å². The maximum Gasteiger partial charge on any atom is 0.264 e. The largest absolute Gasteiger partial charge is 0.354 e. The van der Waals surface area contributed by atoms with E-state index in [4.69, 9.17) is 23.2 Å². The normalized spacial score (nSPS) is 12.2. The van der Waals surface area contributed by atoms with Crippen LogP contribution in [0, 0.1) is 5.92 Å². The first-order chi connectivity index (χ1) is 18.9. The monoisotopic (exact) mass is 603 g/mol. The van der Waals surface area contributed by atoms with E-state index >= 15 is 0 Å². The summed E-state index contributed by atoms with van der Waals surface area (Å²) in [6, 6.07) is 19.0.